The van der Waals surface area contributed by atoms with Crippen LogP contribution < -0.4 is 5.32 Å². The Morgan fingerprint density at radius 2 is 2.29 bits per heavy atom. The van der Waals surface area contributed by atoms with Crippen molar-refractivity contribution in [2.45, 2.75) is 38.8 Å². The maximum Gasteiger partial charge on any atom is 0.149 e. The first-order valence-electron chi connectivity index (χ1n) is 5.67. The molecule has 0 amide bonds. The summed E-state index contributed by atoms with van der Waals surface area (Å²) in [6.45, 7) is 6.80. The lowest BCUT2D eigenvalue weighted by atomic mass is 9.92. The fourth-order valence-electron chi connectivity index (χ4n) is 2.38. The smallest absolute Gasteiger partial charge is 0.149 e. The quantitative estimate of drug-likeness (QED) is 0.719. The van der Waals surface area contributed by atoms with Gasteiger partial charge in [0.2, 0.25) is 0 Å². The first-order valence-corrected chi connectivity index (χ1v) is 5.67. The number of nitrogens with one attached hydrogen (secondary N) is 1. The summed E-state index contributed by atoms with van der Waals surface area (Å²) in [7, 11) is 0. The maximum absolute atomic E-state index is 11.6. The molecule has 3 saturated heterocycles. The highest BCUT2D eigenvalue weighted by atomic mass is 16.1. The summed E-state index contributed by atoms with van der Waals surface area (Å²) < 4.78 is 0. The van der Waals surface area contributed by atoms with E-state index in [0.717, 1.165) is 13.1 Å². The van der Waals surface area contributed by atoms with Crippen LogP contribution in [0.1, 0.15) is 26.7 Å². The number of piperazine rings is 1. The molecular weight excluding hydrogens is 176 g/mol. The van der Waals surface area contributed by atoms with Crippen LogP contribution in [0.5, 0.6) is 0 Å². The first kappa shape index (κ1) is 10.1. The van der Waals surface area contributed by atoms with Crippen molar-refractivity contribution in [1.29, 1.82) is 0 Å². The second kappa shape index (κ2) is 3.99. The van der Waals surface area contributed by atoms with Crippen LogP contribution in [0.2, 0.25) is 0 Å². The number of carbonyl (C=O) groups excluding carboxylic acids is 1. The molecule has 3 fully saturated rings. The van der Waals surface area contributed by atoms with Crippen LogP contribution in [-0.2, 0) is 4.79 Å². The van der Waals surface area contributed by atoms with Crippen molar-refractivity contribution in [3.05, 3.63) is 0 Å². The van der Waals surface area contributed by atoms with Crippen molar-refractivity contribution in [2.75, 3.05) is 19.6 Å². The Kier molecular flexibility index (Phi) is 2.88. The number of carbonyl (C=O) groups is 1. The Hall–Kier alpha value is -0.410. The second-order valence-corrected chi connectivity index (χ2v) is 4.89. The predicted octanol–water partition coefficient (Wildman–Crippen LogP) is 0.648. The van der Waals surface area contributed by atoms with E-state index in [1.807, 2.05) is 13.8 Å². The summed E-state index contributed by atoms with van der Waals surface area (Å²) in [6.07, 6.45) is 2.56. The molecule has 1 N–H and O–H groups in total. The van der Waals surface area contributed by atoms with E-state index >= 15 is 0 Å². The van der Waals surface area contributed by atoms with Gasteiger partial charge < -0.3 is 5.32 Å². The van der Waals surface area contributed by atoms with Gasteiger partial charge in [0, 0.05) is 31.1 Å². The van der Waals surface area contributed by atoms with Gasteiger partial charge in [-0.2, -0.15) is 0 Å². The van der Waals surface area contributed by atoms with E-state index in [2.05, 4.69) is 10.2 Å². The second-order valence-electron chi connectivity index (χ2n) is 4.89. The van der Waals surface area contributed by atoms with Gasteiger partial charge in [0.1, 0.15) is 5.78 Å². The lowest BCUT2D eigenvalue weighted by molar-refractivity contribution is -0.124. The van der Waals surface area contributed by atoms with Gasteiger partial charge in [0.25, 0.3) is 0 Å². The third kappa shape index (κ3) is 1.98. The Morgan fingerprint density at radius 1 is 1.50 bits per heavy atom. The highest BCUT2D eigenvalue weighted by Crippen LogP contribution is 2.22. The molecule has 0 radical (unpaired) electrons. The van der Waals surface area contributed by atoms with Crippen LogP contribution in [0, 0.1) is 5.92 Å². The number of fused-ring (bicyclic) bond motifs is 3. The number of rotatable bonds is 3. The number of nitrogens with zero attached hydrogens (tertiary/aromatic N) is 1. The van der Waals surface area contributed by atoms with Gasteiger partial charge >= 0.3 is 0 Å². The topological polar surface area (TPSA) is 32.3 Å². The van der Waals surface area contributed by atoms with Gasteiger partial charge in [0.15, 0.2) is 0 Å². The van der Waals surface area contributed by atoms with Gasteiger partial charge in [0.05, 0.1) is 6.54 Å². The fourth-order valence-corrected chi connectivity index (χ4v) is 2.38. The molecule has 0 saturated carbocycles. The van der Waals surface area contributed by atoms with Gasteiger partial charge in [-0.1, -0.05) is 13.8 Å². The van der Waals surface area contributed by atoms with Crippen LogP contribution in [0.4, 0.5) is 0 Å². The monoisotopic (exact) mass is 196 g/mol. The van der Waals surface area contributed by atoms with E-state index in [9.17, 15) is 4.79 Å². The number of Topliss-reactive ketones (excluding diaryl/α,β-unsaturated/α-hetero) is 1. The van der Waals surface area contributed by atoms with E-state index in [1.165, 1.54) is 12.8 Å². The van der Waals surface area contributed by atoms with Crippen LogP contribution in [0.3, 0.4) is 0 Å². The molecule has 2 unspecified atom stereocenters. The molecule has 2 atom stereocenters. The minimum Gasteiger partial charge on any atom is -0.311 e. The molecule has 0 spiro atoms. The number of hydrogen-bond donors (Lipinski definition) is 1. The third-order valence-electron chi connectivity index (χ3n) is 3.46. The summed E-state index contributed by atoms with van der Waals surface area (Å²) in [5.74, 6) is 0.570. The van der Waals surface area contributed by atoms with Crippen molar-refractivity contribution in [2.24, 2.45) is 5.92 Å². The Labute approximate surface area is 85.8 Å². The summed E-state index contributed by atoms with van der Waals surface area (Å²) in [6, 6.07) is 1.25. The normalized spacial score (nSPS) is 32.5. The lowest BCUT2D eigenvalue weighted by Crippen LogP contribution is -2.61. The Bertz CT molecular complexity index is 219. The van der Waals surface area contributed by atoms with Crippen molar-refractivity contribution in [3.63, 3.8) is 0 Å². The SMILES string of the molecule is CC(C)C(=O)CN1CC2CCC1CN2. The van der Waals surface area contributed by atoms with E-state index in [4.69, 9.17) is 0 Å². The molecular formula is C11H20N2O. The molecule has 3 aliphatic heterocycles. The minimum atomic E-state index is 0.184. The van der Waals surface area contributed by atoms with Gasteiger partial charge in [-0.05, 0) is 12.8 Å². The molecule has 80 valence electrons. The molecule has 3 heterocycles. The van der Waals surface area contributed by atoms with E-state index < -0.39 is 0 Å². The van der Waals surface area contributed by atoms with Crippen LogP contribution in [-0.4, -0.2) is 42.4 Å². The van der Waals surface area contributed by atoms with Crippen LogP contribution in [0.25, 0.3) is 0 Å². The zero-order valence-electron chi connectivity index (χ0n) is 9.12. The zero-order chi connectivity index (χ0) is 10.1. The molecule has 2 bridgehead atoms. The maximum atomic E-state index is 11.6. The summed E-state index contributed by atoms with van der Waals surface area (Å²) in [5, 5.41) is 3.50. The summed E-state index contributed by atoms with van der Waals surface area (Å²) in [5.41, 5.74) is 0. The fraction of sp³-hybridized carbons (Fsp3) is 0.909. The van der Waals surface area contributed by atoms with Crippen LogP contribution >= 0.6 is 0 Å². The minimum absolute atomic E-state index is 0.184. The lowest BCUT2D eigenvalue weighted by Gasteiger charge is -2.45. The average Bonchev–Trinajstić information content (AvgIpc) is 2.19. The van der Waals surface area contributed by atoms with Gasteiger partial charge in [-0.3, -0.25) is 9.69 Å². The average molecular weight is 196 g/mol. The zero-order valence-corrected chi connectivity index (χ0v) is 9.12. The summed E-state index contributed by atoms with van der Waals surface area (Å²) in [4.78, 5) is 14.0. The molecule has 3 rings (SSSR count). The molecule has 0 aromatic carbocycles. The van der Waals surface area contributed by atoms with E-state index in [-0.39, 0.29) is 5.92 Å². The highest BCUT2D eigenvalue weighted by Gasteiger charge is 2.34. The predicted molar refractivity (Wildman–Crippen MR) is 56.2 cm³/mol. The first-order chi connectivity index (χ1) is 6.66. The van der Waals surface area contributed by atoms with Crippen molar-refractivity contribution < 1.29 is 4.79 Å². The van der Waals surface area contributed by atoms with Gasteiger partial charge in [-0.25, -0.2) is 0 Å². The molecule has 0 aliphatic carbocycles. The van der Waals surface area contributed by atoms with E-state index in [1.54, 1.807) is 0 Å². The highest BCUT2D eigenvalue weighted by molar-refractivity contribution is 5.82. The summed E-state index contributed by atoms with van der Waals surface area (Å²) >= 11 is 0. The van der Waals surface area contributed by atoms with Crippen molar-refractivity contribution >= 4 is 5.78 Å². The molecule has 3 heteroatoms. The largest absolute Gasteiger partial charge is 0.311 e. The van der Waals surface area contributed by atoms with Crippen LogP contribution in [0.15, 0.2) is 0 Å². The van der Waals surface area contributed by atoms with Crippen molar-refractivity contribution in [3.8, 4) is 0 Å². The molecule has 3 nitrogen and oxygen atoms in total. The Morgan fingerprint density at radius 3 is 2.71 bits per heavy atom. The van der Waals surface area contributed by atoms with Gasteiger partial charge in [-0.15, -0.1) is 0 Å². The molecule has 14 heavy (non-hydrogen) atoms. The molecule has 0 aromatic heterocycles. The Balaban J connectivity index is 1.90. The molecule has 0 aromatic rings. The number of piperidine rings is 2. The van der Waals surface area contributed by atoms with E-state index in [0.29, 0.717) is 24.4 Å². The standard InChI is InChI=1S/C11H20N2O/c1-8(2)11(14)7-13-6-9-3-4-10(13)5-12-9/h8-10,12H,3-7H2,1-2H3. The van der Waals surface area contributed by atoms with Crippen molar-refractivity contribution in [1.82, 2.24) is 10.2 Å². The number of ketones is 1. The number of hydrogen-bond acceptors (Lipinski definition) is 3. The molecule has 3 aliphatic rings. The third-order valence-corrected chi connectivity index (χ3v) is 3.46.